The number of amides is 1. The molecule has 3 heterocycles. The topological polar surface area (TPSA) is 51.0 Å². The molecule has 1 amide bonds. The van der Waals surface area contributed by atoms with Crippen molar-refractivity contribution in [2.24, 2.45) is 0 Å². The van der Waals surface area contributed by atoms with Crippen molar-refractivity contribution in [1.82, 2.24) is 19.7 Å². The Labute approximate surface area is 173 Å². The Kier molecular flexibility index (Phi) is 4.64. The molecule has 2 aromatic carbocycles. The predicted molar refractivity (Wildman–Crippen MR) is 116 cm³/mol. The summed E-state index contributed by atoms with van der Waals surface area (Å²) in [6.45, 7) is 2.79. The number of aromatic nitrogens is 3. The fourth-order valence-corrected chi connectivity index (χ4v) is 5.06. The summed E-state index contributed by atoms with van der Waals surface area (Å²) in [6.07, 6.45) is 6.94. The molecule has 4 aromatic rings. The van der Waals surface area contributed by atoms with E-state index in [0.717, 1.165) is 47.6 Å². The lowest BCUT2D eigenvalue weighted by Gasteiger charge is -2.34. The standard InChI is InChI=1S/C23H22N4OS/c1-16-14-24-27(15-16)18-11-9-17(10-12-18)23(28)26-13-5-4-7-20(26)22-25-19-6-2-3-8-21(19)29-22/h2-3,6,8-12,14-15,20H,4-5,7,13H2,1H3. The Bertz CT molecular complexity index is 1130. The summed E-state index contributed by atoms with van der Waals surface area (Å²) >= 11 is 1.71. The van der Waals surface area contributed by atoms with Gasteiger partial charge in [0, 0.05) is 18.3 Å². The van der Waals surface area contributed by atoms with E-state index in [2.05, 4.69) is 11.2 Å². The summed E-state index contributed by atoms with van der Waals surface area (Å²) in [5, 5.41) is 5.38. The minimum atomic E-state index is 0.0575. The number of piperidine rings is 1. The molecule has 1 unspecified atom stereocenters. The third kappa shape index (κ3) is 3.44. The quantitative estimate of drug-likeness (QED) is 0.476. The van der Waals surface area contributed by atoms with Gasteiger partial charge in [-0.3, -0.25) is 4.79 Å². The molecule has 0 radical (unpaired) electrons. The maximum atomic E-state index is 13.3. The first-order valence-electron chi connectivity index (χ1n) is 9.97. The van der Waals surface area contributed by atoms with Crippen LogP contribution >= 0.6 is 11.3 Å². The van der Waals surface area contributed by atoms with Crippen molar-refractivity contribution >= 4 is 27.5 Å². The van der Waals surface area contributed by atoms with Crippen LogP contribution in [0.3, 0.4) is 0 Å². The Hall–Kier alpha value is -2.99. The lowest BCUT2D eigenvalue weighted by molar-refractivity contribution is 0.0611. The highest BCUT2D eigenvalue weighted by atomic mass is 32.1. The fourth-order valence-electron chi connectivity index (χ4n) is 3.94. The van der Waals surface area contributed by atoms with Gasteiger partial charge in [-0.25, -0.2) is 9.67 Å². The summed E-state index contributed by atoms with van der Waals surface area (Å²) in [5.41, 5.74) is 3.79. The number of thiazole rings is 1. The summed E-state index contributed by atoms with van der Waals surface area (Å²) in [6, 6.07) is 16.0. The number of nitrogens with zero attached hydrogens (tertiary/aromatic N) is 4. The van der Waals surface area contributed by atoms with E-state index in [1.165, 1.54) is 4.70 Å². The number of carbonyl (C=O) groups excluding carboxylic acids is 1. The van der Waals surface area contributed by atoms with Gasteiger partial charge in [-0.05, 0) is 68.1 Å². The molecule has 1 fully saturated rings. The van der Waals surface area contributed by atoms with Gasteiger partial charge in [0.25, 0.3) is 5.91 Å². The minimum Gasteiger partial charge on any atom is -0.329 e. The van der Waals surface area contributed by atoms with Crippen LogP contribution < -0.4 is 0 Å². The number of rotatable bonds is 3. The highest BCUT2D eigenvalue weighted by Gasteiger charge is 2.31. The number of benzene rings is 2. The molecule has 0 aliphatic carbocycles. The SMILES string of the molecule is Cc1cnn(-c2ccc(C(=O)N3CCCCC3c3nc4ccccc4s3)cc2)c1. The highest BCUT2D eigenvalue weighted by Crippen LogP contribution is 2.36. The lowest BCUT2D eigenvalue weighted by Crippen LogP contribution is -2.38. The Balaban J connectivity index is 1.42. The monoisotopic (exact) mass is 402 g/mol. The zero-order valence-corrected chi connectivity index (χ0v) is 17.1. The minimum absolute atomic E-state index is 0.0575. The highest BCUT2D eigenvalue weighted by molar-refractivity contribution is 7.18. The van der Waals surface area contributed by atoms with Crippen molar-refractivity contribution in [3.8, 4) is 5.69 Å². The second-order valence-corrected chi connectivity index (χ2v) is 8.60. The molecule has 0 N–H and O–H groups in total. The maximum Gasteiger partial charge on any atom is 0.254 e. The van der Waals surface area contributed by atoms with Gasteiger partial charge >= 0.3 is 0 Å². The van der Waals surface area contributed by atoms with Crippen molar-refractivity contribution in [3.63, 3.8) is 0 Å². The molecule has 2 aromatic heterocycles. The normalized spacial score (nSPS) is 17.0. The van der Waals surface area contributed by atoms with E-state index in [9.17, 15) is 4.79 Å². The van der Waals surface area contributed by atoms with Gasteiger partial charge in [-0.2, -0.15) is 5.10 Å². The smallest absolute Gasteiger partial charge is 0.254 e. The van der Waals surface area contributed by atoms with Crippen molar-refractivity contribution in [1.29, 1.82) is 0 Å². The average Bonchev–Trinajstić information content (AvgIpc) is 3.39. The van der Waals surface area contributed by atoms with Crippen LogP contribution in [-0.2, 0) is 0 Å². The molecule has 29 heavy (non-hydrogen) atoms. The second-order valence-electron chi connectivity index (χ2n) is 7.54. The summed E-state index contributed by atoms with van der Waals surface area (Å²) in [4.78, 5) is 20.2. The molecule has 1 aliphatic rings. The van der Waals surface area contributed by atoms with Gasteiger partial charge < -0.3 is 4.90 Å². The summed E-state index contributed by atoms with van der Waals surface area (Å²) < 4.78 is 3.01. The Morgan fingerprint density at radius 3 is 2.69 bits per heavy atom. The third-order valence-corrected chi connectivity index (χ3v) is 6.59. The number of fused-ring (bicyclic) bond motifs is 1. The second kappa shape index (κ2) is 7.44. The van der Waals surface area contributed by atoms with E-state index in [4.69, 9.17) is 4.98 Å². The molecule has 1 atom stereocenters. The van der Waals surface area contributed by atoms with Crippen LogP contribution in [-0.4, -0.2) is 32.1 Å². The van der Waals surface area contributed by atoms with Gasteiger partial charge in [0.15, 0.2) is 0 Å². The molecule has 5 rings (SSSR count). The maximum absolute atomic E-state index is 13.3. The number of aryl methyl sites for hydroxylation is 1. The third-order valence-electron chi connectivity index (χ3n) is 5.45. The molecule has 1 saturated heterocycles. The average molecular weight is 403 g/mol. The van der Waals surface area contributed by atoms with Gasteiger partial charge in [-0.15, -0.1) is 11.3 Å². The van der Waals surface area contributed by atoms with Crippen molar-refractivity contribution in [2.45, 2.75) is 32.2 Å². The number of hydrogen-bond donors (Lipinski definition) is 0. The van der Waals surface area contributed by atoms with Gasteiger partial charge in [0.2, 0.25) is 0 Å². The van der Waals surface area contributed by atoms with Crippen molar-refractivity contribution in [2.75, 3.05) is 6.54 Å². The molecule has 0 bridgehead atoms. The Morgan fingerprint density at radius 1 is 1.10 bits per heavy atom. The molecule has 6 heteroatoms. The molecular weight excluding hydrogens is 380 g/mol. The molecule has 1 aliphatic heterocycles. The fraction of sp³-hybridized carbons (Fsp3) is 0.261. The molecule has 5 nitrogen and oxygen atoms in total. The van der Waals surface area contributed by atoms with Crippen molar-refractivity contribution < 1.29 is 4.79 Å². The van der Waals surface area contributed by atoms with Gasteiger partial charge in [0.05, 0.1) is 28.1 Å². The van der Waals surface area contributed by atoms with Gasteiger partial charge in [0.1, 0.15) is 5.01 Å². The molecule has 146 valence electrons. The largest absolute Gasteiger partial charge is 0.329 e. The van der Waals surface area contributed by atoms with Gasteiger partial charge in [-0.1, -0.05) is 12.1 Å². The van der Waals surface area contributed by atoms with Crippen LogP contribution in [0.5, 0.6) is 0 Å². The van der Waals surface area contributed by atoms with Crippen molar-refractivity contribution in [3.05, 3.63) is 77.1 Å². The Morgan fingerprint density at radius 2 is 1.93 bits per heavy atom. The zero-order valence-electron chi connectivity index (χ0n) is 16.3. The first-order valence-corrected chi connectivity index (χ1v) is 10.8. The van der Waals surface area contributed by atoms with E-state index >= 15 is 0 Å². The van der Waals surface area contributed by atoms with Crippen LogP contribution in [0.25, 0.3) is 15.9 Å². The number of para-hydroxylation sites is 1. The summed E-state index contributed by atoms with van der Waals surface area (Å²) in [5.74, 6) is 0.0807. The van der Waals surface area contributed by atoms with Crippen LogP contribution in [0.15, 0.2) is 60.9 Å². The molecular formula is C23H22N4OS. The van der Waals surface area contributed by atoms with E-state index < -0.39 is 0 Å². The summed E-state index contributed by atoms with van der Waals surface area (Å²) in [7, 11) is 0. The van der Waals surface area contributed by atoms with Crippen LogP contribution in [0.2, 0.25) is 0 Å². The van der Waals surface area contributed by atoms with Crippen LogP contribution in [0.1, 0.15) is 46.2 Å². The lowest BCUT2D eigenvalue weighted by atomic mass is 10.0. The van der Waals surface area contributed by atoms with Crippen LogP contribution in [0, 0.1) is 6.92 Å². The van der Waals surface area contributed by atoms with Crippen LogP contribution in [0.4, 0.5) is 0 Å². The molecule has 0 spiro atoms. The predicted octanol–water partition coefficient (Wildman–Crippen LogP) is 5.16. The van der Waals surface area contributed by atoms with E-state index in [0.29, 0.717) is 5.56 Å². The first-order chi connectivity index (χ1) is 14.2. The number of carbonyl (C=O) groups is 1. The van der Waals surface area contributed by atoms with E-state index in [-0.39, 0.29) is 11.9 Å². The number of likely N-dealkylation sites (tertiary alicyclic amines) is 1. The first kappa shape index (κ1) is 18.1. The van der Waals surface area contributed by atoms with E-state index in [1.807, 2.05) is 71.4 Å². The molecule has 0 saturated carbocycles. The number of hydrogen-bond acceptors (Lipinski definition) is 4. The van der Waals surface area contributed by atoms with E-state index in [1.54, 1.807) is 11.3 Å². The zero-order chi connectivity index (χ0) is 19.8.